The van der Waals surface area contributed by atoms with Crippen LogP contribution in [-0.4, -0.2) is 53.1 Å². The molecular formula is C16H25N3O2. The summed E-state index contributed by atoms with van der Waals surface area (Å²) >= 11 is 0. The predicted molar refractivity (Wildman–Crippen MR) is 80.3 cm³/mol. The topological polar surface area (TPSA) is 49.6 Å². The highest BCUT2D eigenvalue weighted by Crippen LogP contribution is 2.40. The molecule has 1 aromatic rings. The Kier molecular flexibility index (Phi) is 4.02. The molecule has 5 heteroatoms. The minimum Gasteiger partial charge on any atom is -0.360 e. The molecule has 1 saturated carbocycles. The Labute approximate surface area is 126 Å². The van der Waals surface area contributed by atoms with Crippen molar-refractivity contribution >= 4 is 5.91 Å². The minimum absolute atomic E-state index is 0.00588. The molecule has 1 aromatic heterocycles. The van der Waals surface area contributed by atoms with Crippen molar-refractivity contribution in [2.45, 2.75) is 57.5 Å². The average Bonchev–Trinajstić information content (AvgIpc) is 3.23. The van der Waals surface area contributed by atoms with Gasteiger partial charge in [0.05, 0.1) is 0 Å². The number of piperidine rings is 1. The van der Waals surface area contributed by atoms with Gasteiger partial charge >= 0.3 is 0 Å². The van der Waals surface area contributed by atoms with Crippen molar-refractivity contribution in [3.05, 3.63) is 17.5 Å². The van der Waals surface area contributed by atoms with Crippen molar-refractivity contribution in [3.63, 3.8) is 0 Å². The fourth-order valence-electron chi connectivity index (χ4n) is 3.09. The molecule has 0 radical (unpaired) electrons. The summed E-state index contributed by atoms with van der Waals surface area (Å²) in [6, 6.07) is 2.73. The van der Waals surface area contributed by atoms with Gasteiger partial charge in [0.15, 0.2) is 5.69 Å². The molecule has 0 bridgehead atoms. The van der Waals surface area contributed by atoms with Gasteiger partial charge in [-0.15, -0.1) is 0 Å². The van der Waals surface area contributed by atoms with Crippen molar-refractivity contribution in [3.8, 4) is 0 Å². The van der Waals surface area contributed by atoms with Crippen LogP contribution < -0.4 is 0 Å². The standard InChI is InChI=1S/C16H25N3O2/c1-11(2)19-8-6-13(7-9-19)18(3)16(20)14-10-15(21-17-14)12-4-5-12/h10-13H,4-9H2,1-3H3. The fourth-order valence-corrected chi connectivity index (χ4v) is 3.09. The minimum atomic E-state index is -0.00588. The molecule has 2 fully saturated rings. The van der Waals surface area contributed by atoms with E-state index in [1.54, 1.807) is 0 Å². The summed E-state index contributed by atoms with van der Waals surface area (Å²) in [5.41, 5.74) is 0.464. The van der Waals surface area contributed by atoms with E-state index in [9.17, 15) is 4.79 Å². The number of nitrogens with zero attached hydrogens (tertiary/aromatic N) is 3. The van der Waals surface area contributed by atoms with Gasteiger partial charge in [-0.25, -0.2) is 0 Å². The van der Waals surface area contributed by atoms with E-state index < -0.39 is 0 Å². The van der Waals surface area contributed by atoms with Crippen LogP contribution in [0.5, 0.6) is 0 Å². The second-order valence-corrected chi connectivity index (χ2v) is 6.67. The summed E-state index contributed by atoms with van der Waals surface area (Å²) in [5.74, 6) is 1.37. The first-order valence-electron chi connectivity index (χ1n) is 8.04. The summed E-state index contributed by atoms with van der Waals surface area (Å²) in [7, 11) is 1.89. The first-order chi connectivity index (χ1) is 10.1. The number of rotatable bonds is 4. The number of carbonyl (C=O) groups excluding carboxylic acids is 1. The lowest BCUT2D eigenvalue weighted by atomic mass is 10.0. The molecule has 0 atom stereocenters. The zero-order valence-electron chi connectivity index (χ0n) is 13.2. The van der Waals surface area contributed by atoms with Crippen LogP contribution in [0.3, 0.4) is 0 Å². The number of aromatic nitrogens is 1. The lowest BCUT2D eigenvalue weighted by Gasteiger charge is -2.38. The van der Waals surface area contributed by atoms with Crippen LogP contribution >= 0.6 is 0 Å². The molecule has 0 aromatic carbocycles. The number of carbonyl (C=O) groups is 1. The Bertz CT molecular complexity index is 499. The number of hydrogen-bond acceptors (Lipinski definition) is 4. The van der Waals surface area contributed by atoms with Gasteiger partial charge in [0.2, 0.25) is 0 Å². The average molecular weight is 291 g/mol. The number of amides is 1. The first-order valence-corrected chi connectivity index (χ1v) is 8.04. The van der Waals surface area contributed by atoms with Crippen molar-refractivity contribution in [1.29, 1.82) is 0 Å². The molecule has 1 saturated heterocycles. The normalized spacial score (nSPS) is 21.0. The van der Waals surface area contributed by atoms with Crippen LogP contribution in [0.1, 0.15) is 61.7 Å². The molecule has 21 heavy (non-hydrogen) atoms. The second kappa shape index (κ2) is 5.79. The molecule has 116 valence electrons. The van der Waals surface area contributed by atoms with Crippen molar-refractivity contribution in [2.75, 3.05) is 20.1 Å². The lowest BCUT2D eigenvalue weighted by molar-refractivity contribution is 0.0605. The van der Waals surface area contributed by atoms with Crippen LogP contribution in [0.2, 0.25) is 0 Å². The SMILES string of the molecule is CC(C)N1CCC(N(C)C(=O)c2cc(C3CC3)on2)CC1. The molecule has 1 amide bonds. The summed E-state index contributed by atoms with van der Waals surface area (Å²) in [6.45, 7) is 6.58. The summed E-state index contributed by atoms with van der Waals surface area (Å²) < 4.78 is 5.29. The van der Waals surface area contributed by atoms with Crippen LogP contribution in [0.25, 0.3) is 0 Å². The third kappa shape index (κ3) is 3.12. The molecule has 1 aliphatic carbocycles. The van der Waals surface area contributed by atoms with Crippen LogP contribution in [0.4, 0.5) is 0 Å². The van der Waals surface area contributed by atoms with E-state index in [4.69, 9.17) is 4.52 Å². The quantitative estimate of drug-likeness (QED) is 0.855. The molecule has 5 nitrogen and oxygen atoms in total. The molecule has 1 aliphatic heterocycles. The molecule has 0 unspecified atom stereocenters. The van der Waals surface area contributed by atoms with Gasteiger partial charge in [-0.2, -0.15) is 0 Å². The summed E-state index contributed by atoms with van der Waals surface area (Å²) in [4.78, 5) is 16.8. The van der Waals surface area contributed by atoms with E-state index in [1.807, 2.05) is 18.0 Å². The Hall–Kier alpha value is -1.36. The van der Waals surface area contributed by atoms with Gasteiger partial charge < -0.3 is 14.3 Å². The van der Waals surface area contributed by atoms with Crippen LogP contribution in [0.15, 0.2) is 10.6 Å². The number of likely N-dealkylation sites (tertiary alicyclic amines) is 1. The van der Waals surface area contributed by atoms with Crippen molar-refractivity contribution in [2.24, 2.45) is 0 Å². The number of hydrogen-bond donors (Lipinski definition) is 0. The summed E-state index contributed by atoms with van der Waals surface area (Å²) in [5, 5.41) is 3.96. The van der Waals surface area contributed by atoms with E-state index in [1.165, 1.54) is 0 Å². The van der Waals surface area contributed by atoms with E-state index in [-0.39, 0.29) is 5.91 Å². The van der Waals surface area contributed by atoms with Gasteiger partial charge in [-0.05, 0) is 39.5 Å². The van der Waals surface area contributed by atoms with Gasteiger partial charge in [0.1, 0.15) is 5.76 Å². The van der Waals surface area contributed by atoms with E-state index in [2.05, 4.69) is 23.9 Å². The second-order valence-electron chi connectivity index (χ2n) is 6.67. The summed E-state index contributed by atoms with van der Waals surface area (Å²) in [6.07, 6.45) is 4.39. The zero-order chi connectivity index (χ0) is 15.0. The fraction of sp³-hybridized carbons (Fsp3) is 0.750. The highest BCUT2D eigenvalue weighted by molar-refractivity contribution is 5.92. The monoisotopic (exact) mass is 291 g/mol. The molecular weight excluding hydrogens is 266 g/mol. The van der Waals surface area contributed by atoms with Crippen LogP contribution in [0, 0.1) is 0 Å². The molecule has 0 N–H and O–H groups in total. The molecule has 2 aliphatic rings. The van der Waals surface area contributed by atoms with Gasteiger partial charge in [0, 0.05) is 44.2 Å². The Morgan fingerprint density at radius 2 is 2.00 bits per heavy atom. The van der Waals surface area contributed by atoms with Gasteiger partial charge in [-0.3, -0.25) is 4.79 Å². The maximum Gasteiger partial charge on any atom is 0.276 e. The van der Waals surface area contributed by atoms with Crippen molar-refractivity contribution in [1.82, 2.24) is 15.0 Å². The molecule has 0 spiro atoms. The van der Waals surface area contributed by atoms with Crippen molar-refractivity contribution < 1.29 is 9.32 Å². The highest BCUT2D eigenvalue weighted by Gasteiger charge is 2.31. The van der Waals surface area contributed by atoms with Crippen LogP contribution in [-0.2, 0) is 0 Å². The van der Waals surface area contributed by atoms with Gasteiger partial charge in [-0.1, -0.05) is 5.16 Å². The smallest absolute Gasteiger partial charge is 0.276 e. The Morgan fingerprint density at radius 3 is 2.57 bits per heavy atom. The maximum absolute atomic E-state index is 12.5. The lowest BCUT2D eigenvalue weighted by Crippen LogP contribution is -2.47. The molecule has 2 heterocycles. The zero-order valence-corrected chi connectivity index (χ0v) is 13.2. The Balaban J connectivity index is 1.59. The van der Waals surface area contributed by atoms with E-state index in [0.717, 1.165) is 44.5 Å². The highest BCUT2D eigenvalue weighted by atomic mass is 16.5. The van der Waals surface area contributed by atoms with Gasteiger partial charge in [0.25, 0.3) is 5.91 Å². The first kappa shape index (κ1) is 14.6. The Morgan fingerprint density at radius 1 is 1.33 bits per heavy atom. The third-order valence-corrected chi connectivity index (χ3v) is 4.82. The molecule has 3 rings (SSSR count). The third-order valence-electron chi connectivity index (χ3n) is 4.82. The largest absolute Gasteiger partial charge is 0.360 e. The predicted octanol–water partition coefficient (Wildman–Crippen LogP) is 2.50. The van der Waals surface area contributed by atoms with E-state index in [0.29, 0.717) is 23.7 Å². The maximum atomic E-state index is 12.5. The van der Waals surface area contributed by atoms with E-state index >= 15 is 0 Å².